The number of benzene rings is 2. The van der Waals surface area contributed by atoms with Crippen LogP contribution >= 0.6 is 0 Å². The molecule has 1 N–H and O–H groups in total. The first kappa shape index (κ1) is 20.2. The molecular formula is C23H27NO4. The number of nitrogens with zero attached hydrogens (tertiary/aromatic N) is 1. The molecule has 0 bridgehead atoms. The molecule has 1 heterocycles. The number of fused-ring (bicyclic) bond motifs is 1. The Morgan fingerprint density at radius 2 is 1.96 bits per heavy atom. The average Bonchev–Trinajstić information content (AvgIpc) is 3.12. The second kappa shape index (κ2) is 9.61. The molecular weight excluding hydrogens is 354 g/mol. The molecule has 1 aliphatic heterocycles. The van der Waals surface area contributed by atoms with Gasteiger partial charge in [0.05, 0.1) is 12.7 Å². The van der Waals surface area contributed by atoms with Crippen LogP contribution in [-0.4, -0.2) is 42.7 Å². The lowest BCUT2D eigenvalue weighted by Crippen LogP contribution is -2.34. The molecule has 3 rings (SSSR count). The Bertz CT molecular complexity index is 843. The van der Waals surface area contributed by atoms with Gasteiger partial charge in [-0.25, -0.2) is 0 Å². The number of rotatable bonds is 9. The average molecular weight is 381 g/mol. The summed E-state index contributed by atoms with van der Waals surface area (Å²) in [6.45, 7) is 6.77. The smallest absolute Gasteiger partial charge is 0.231 e. The van der Waals surface area contributed by atoms with Crippen molar-refractivity contribution in [3.05, 3.63) is 58.7 Å². The molecule has 0 amide bonds. The van der Waals surface area contributed by atoms with E-state index < -0.39 is 6.10 Å². The van der Waals surface area contributed by atoms with E-state index >= 15 is 0 Å². The topological polar surface area (TPSA) is 51.2 Å². The SMILES string of the molecule is C#CCOCC(O)CN(Cc1ccc2c(c1)OCO2)Cc1cc(C)ccc1C. The highest BCUT2D eigenvalue weighted by molar-refractivity contribution is 5.44. The van der Waals surface area contributed by atoms with Crippen molar-refractivity contribution in [3.8, 4) is 23.8 Å². The maximum absolute atomic E-state index is 10.4. The molecule has 0 saturated heterocycles. The highest BCUT2D eigenvalue weighted by Gasteiger charge is 2.17. The Hall–Kier alpha value is -2.52. The van der Waals surface area contributed by atoms with Gasteiger partial charge in [0, 0.05) is 19.6 Å². The molecule has 5 nitrogen and oxygen atoms in total. The molecule has 0 spiro atoms. The molecule has 0 saturated carbocycles. The first-order chi connectivity index (χ1) is 13.5. The minimum atomic E-state index is -0.618. The summed E-state index contributed by atoms with van der Waals surface area (Å²) in [5.74, 6) is 3.96. The summed E-state index contributed by atoms with van der Waals surface area (Å²) in [7, 11) is 0. The number of aliphatic hydroxyl groups excluding tert-OH is 1. The third kappa shape index (κ3) is 5.49. The standard InChI is InChI=1S/C23H27NO4/c1-4-9-26-15-21(25)14-24(13-20-10-17(2)5-6-18(20)3)12-19-7-8-22-23(11-19)28-16-27-22/h1,5-8,10-11,21,25H,9,12-16H2,2-3H3. The van der Waals surface area contributed by atoms with Gasteiger partial charge < -0.3 is 19.3 Å². The normalized spacial score (nSPS) is 13.5. The van der Waals surface area contributed by atoms with Gasteiger partial charge in [-0.3, -0.25) is 4.90 Å². The summed E-state index contributed by atoms with van der Waals surface area (Å²) in [5, 5.41) is 10.4. The summed E-state index contributed by atoms with van der Waals surface area (Å²) >= 11 is 0. The van der Waals surface area contributed by atoms with Gasteiger partial charge in [0.15, 0.2) is 11.5 Å². The Labute approximate surface area is 166 Å². The van der Waals surface area contributed by atoms with Crippen LogP contribution in [0.15, 0.2) is 36.4 Å². The first-order valence-electron chi connectivity index (χ1n) is 9.41. The van der Waals surface area contributed by atoms with Crippen molar-refractivity contribution in [2.75, 3.05) is 26.6 Å². The largest absolute Gasteiger partial charge is 0.454 e. The maximum atomic E-state index is 10.4. The van der Waals surface area contributed by atoms with E-state index in [0.29, 0.717) is 13.1 Å². The van der Waals surface area contributed by atoms with E-state index in [1.165, 1.54) is 16.7 Å². The fourth-order valence-corrected chi connectivity index (χ4v) is 3.30. The first-order valence-corrected chi connectivity index (χ1v) is 9.41. The van der Waals surface area contributed by atoms with Gasteiger partial charge in [-0.1, -0.05) is 35.7 Å². The van der Waals surface area contributed by atoms with Crippen molar-refractivity contribution in [3.63, 3.8) is 0 Å². The van der Waals surface area contributed by atoms with Crippen LogP contribution in [0.5, 0.6) is 11.5 Å². The predicted octanol–water partition coefficient (Wildman–Crippen LogP) is 3.05. The predicted molar refractivity (Wildman–Crippen MR) is 108 cm³/mol. The van der Waals surface area contributed by atoms with Crippen molar-refractivity contribution < 1.29 is 19.3 Å². The van der Waals surface area contributed by atoms with Crippen LogP contribution in [0.2, 0.25) is 0 Å². The summed E-state index contributed by atoms with van der Waals surface area (Å²) in [6.07, 6.45) is 4.59. The highest BCUT2D eigenvalue weighted by Crippen LogP contribution is 2.33. The molecule has 2 aromatic rings. The van der Waals surface area contributed by atoms with E-state index in [-0.39, 0.29) is 20.0 Å². The lowest BCUT2D eigenvalue weighted by atomic mass is 10.0. The third-order valence-corrected chi connectivity index (χ3v) is 4.71. The lowest BCUT2D eigenvalue weighted by Gasteiger charge is -2.26. The van der Waals surface area contributed by atoms with Gasteiger partial charge in [0.2, 0.25) is 6.79 Å². The molecule has 28 heavy (non-hydrogen) atoms. The van der Waals surface area contributed by atoms with Crippen LogP contribution in [0.1, 0.15) is 22.3 Å². The van der Waals surface area contributed by atoms with Gasteiger partial charge in [0.1, 0.15) is 6.61 Å². The monoisotopic (exact) mass is 381 g/mol. The van der Waals surface area contributed by atoms with Crippen molar-refractivity contribution >= 4 is 0 Å². The molecule has 0 radical (unpaired) electrons. The quantitative estimate of drug-likeness (QED) is 0.534. The molecule has 0 aromatic heterocycles. The van der Waals surface area contributed by atoms with E-state index in [1.807, 2.05) is 18.2 Å². The molecule has 1 unspecified atom stereocenters. The molecule has 0 fully saturated rings. The molecule has 1 aliphatic rings. The number of ether oxygens (including phenoxy) is 3. The van der Waals surface area contributed by atoms with Gasteiger partial charge in [-0.2, -0.15) is 0 Å². The van der Waals surface area contributed by atoms with Crippen molar-refractivity contribution in [2.24, 2.45) is 0 Å². The lowest BCUT2D eigenvalue weighted by molar-refractivity contribution is 0.0243. The Morgan fingerprint density at radius 3 is 2.79 bits per heavy atom. The minimum absolute atomic E-state index is 0.205. The zero-order valence-corrected chi connectivity index (χ0v) is 16.5. The van der Waals surface area contributed by atoms with E-state index in [1.54, 1.807) is 0 Å². The molecule has 5 heteroatoms. The van der Waals surface area contributed by atoms with Crippen LogP contribution in [0, 0.1) is 26.2 Å². The number of aliphatic hydroxyl groups is 1. The number of aryl methyl sites for hydroxylation is 2. The van der Waals surface area contributed by atoms with E-state index in [9.17, 15) is 5.11 Å². The van der Waals surface area contributed by atoms with E-state index in [0.717, 1.165) is 23.6 Å². The van der Waals surface area contributed by atoms with Crippen molar-refractivity contribution in [1.29, 1.82) is 0 Å². The van der Waals surface area contributed by atoms with Gasteiger partial charge in [-0.15, -0.1) is 6.42 Å². The second-order valence-electron chi connectivity index (χ2n) is 7.16. The summed E-state index contributed by atoms with van der Waals surface area (Å²) in [5.41, 5.74) is 4.81. The van der Waals surface area contributed by atoms with Crippen LogP contribution in [0.4, 0.5) is 0 Å². The second-order valence-corrected chi connectivity index (χ2v) is 7.16. The fraction of sp³-hybridized carbons (Fsp3) is 0.391. The zero-order valence-electron chi connectivity index (χ0n) is 16.5. The third-order valence-electron chi connectivity index (χ3n) is 4.71. The number of hydrogen-bond donors (Lipinski definition) is 1. The van der Waals surface area contributed by atoms with Gasteiger partial charge in [-0.05, 0) is 42.7 Å². The Kier molecular flexibility index (Phi) is 6.94. The van der Waals surface area contributed by atoms with Crippen LogP contribution in [0.25, 0.3) is 0 Å². The summed E-state index contributed by atoms with van der Waals surface area (Å²) < 4.78 is 16.2. The highest BCUT2D eigenvalue weighted by atomic mass is 16.7. The fourth-order valence-electron chi connectivity index (χ4n) is 3.30. The Balaban J connectivity index is 1.73. The number of terminal acetylenes is 1. The summed E-state index contributed by atoms with van der Waals surface area (Å²) in [4.78, 5) is 2.21. The Morgan fingerprint density at radius 1 is 1.14 bits per heavy atom. The van der Waals surface area contributed by atoms with Crippen molar-refractivity contribution in [2.45, 2.75) is 33.0 Å². The zero-order chi connectivity index (χ0) is 19.9. The molecule has 148 valence electrons. The van der Waals surface area contributed by atoms with Crippen LogP contribution < -0.4 is 9.47 Å². The molecule has 0 aliphatic carbocycles. The number of hydrogen-bond acceptors (Lipinski definition) is 5. The maximum Gasteiger partial charge on any atom is 0.231 e. The minimum Gasteiger partial charge on any atom is -0.454 e. The molecule has 2 aromatic carbocycles. The van der Waals surface area contributed by atoms with Gasteiger partial charge >= 0.3 is 0 Å². The van der Waals surface area contributed by atoms with Crippen LogP contribution in [-0.2, 0) is 17.8 Å². The van der Waals surface area contributed by atoms with Crippen LogP contribution in [0.3, 0.4) is 0 Å². The van der Waals surface area contributed by atoms with E-state index in [2.05, 4.69) is 42.9 Å². The molecule has 1 atom stereocenters. The van der Waals surface area contributed by atoms with Crippen molar-refractivity contribution in [1.82, 2.24) is 4.90 Å². The van der Waals surface area contributed by atoms with Gasteiger partial charge in [0.25, 0.3) is 0 Å². The summed E-state index contributed by atoms with van der Waals surface area (Å²) in [6, 6.07) is 12.4. The van der Waals surface area contributed by atoms with E-state index in [4.69, 9.17) is 20.6 Å².